The summed E-state index contributed by atoms with van der Waals surface area (Å²) in [4.78, 5) is 30.0. The lowest BCUT2D eigenvalue weighted by molar-refractivity contribution is -0.137. The number of nitrogens with zero attached hydrogens (tertiary/aromatic N) is 1. The number of rotatable bonds is 9. The van der Waals surface area contributed by atoms with E-state index in [9.17, 15) is 27.2 Å². The van der Waals surface area contributed by atoms with E-state index in [2.05, 4.69) is 26.3 Å². The predicted octanol–water partition coefficient (Wildman–Crippen LogP) is 4.24. The first kappa shape index (κ1) is 28.6. The van der Waals surface area contributed by atoms with Crippen LogP contribution in [-0.2, 0) is 22.3 Å². The fraction of sp³-hybridized carbons (Fsp3) is 0.296. The quantitative estimate of drug-likeness (QED) is 0.289. The second-order valence-electron chi connectivity index (χ2n) is 9.07. The molecule has 1 aromatic heterocycles. The van der Waals surface area contributed by atoms with E-state index in [1.807, 2.05) is 0 Å². The highest BCUT2D eigenvalue weighted by molar-refractivity contribution is 5.99. The van der Waals surface area contributed by atoms with Gasteiger partial charge in [0.25, 0.3) is 5.91 Å². The summed E-state index contributed by atoms with van der Waals surface area (Å²) in [6.07, 6.45) is -1.55. The minimum Gasteiger partial charge on any atom is -0.497 e. The highest BCUT2D eigenvalue weighted by atomic mass is 19.4. The van der Waals surface area contributed by atoms with Crippen molar-refractivity contribution in [1.82, 2.24) is 15.6 Å². The molecule has 1 fully saturated rings. The van der Waals surface area contributed by atoms with E-state index in [-0.39, 0.29) is 54.4 Å². The number of methoxy groups -OCH3 is 1. The summed E-state index contributed by atoms with van der Waals surface area (Å²) in [5.74, 6) is -1.81. The third kappa shape index (κ3) is 6.42. The molecule has 4 rings (SSSR count). The lowest BCUT2D eigenvalue weighted by Crippen LogP contribution is -2.59. The van der Waals surface area contributed by atoms with E-state index in [0.29, 0.717) is 5.69 Å². The maximum absolute atomic E-state index is 14.9. The van der Waals surface area contributed by atoms with Crippen molar-refractivity contribution in [2.45, 2.75) is 24.7 Å². The van der Waals surface area contributed by atoms with Crippen LogP contribution < -0.4 is 26.0 Å². The summed E-state index contributed by atoms with van der Waals surface area (Å²) in [6, 6.07) is 8.75. The van der Waals surface area contributed by atoms with Crippen molar-refractivity contribution in [3.05, 3.63) is 77.4 Å². The lowest BCUT2D eigenvalue weighted by Gasteiger charge is -2.27. The van der Waals surface area contributed by atoms with Gasteiger partial charge in [-0.2, -0.15) is 13.2 Å². The lowest BCUT2D eigenvalue weighted by atomic mass is 9.96. The zero-order chi connectivity index (χ0) is 28.9. The third-order valence-electron chi connectivity index (χ3n) is 6.40. The number of hydrogen-bond acceptors (Lipinski definition) is 7. The molecule has 212 valence electrons. The SMILES string of the molecule is CNc1cncc(C(=O)NC2(C(=O)NCc3ccc(Nc4ccc(OC)cc4C(F)(F)F)cc3F)CCOC2)c1. The normalized spacial score (nSPS) is 16.8. The molecule has 1 aliphatic heterocycles. The predicted molar refractivity (Wildman–Crippen MR) is 139 cm³/mol. The fourth-order valence-electron chi connectivity index (χ4n) is 4.15. The maximum atomic E-state index is 14.9. The molecule has 0 saturated carbocycles. The molecule has 40 heavy (non-hydrogen) atoms. The summed E-state index contributed by atoms with van der Waals surface area (Å²) in [5.41, 5.74) is -1.59. The van der Waals surface area contributed by atoms with Crippen LogP contribution in [0.1, 0.15) is 27.9 Å². The van der Waals surface area contributed by atoms with Gasteiger partial charge in [-0.3, -0.25) is 14.6 Å². The highest BCUT2D eigenvalue weighted by Crippen LogP contribution is 2.38. The molecule has 0 bridgehead atoms. The Morgan fingerprint density at radius 3 is 2.55 bits per heavy atom. The van der Waals surface area contributed by atoms with Crippen molar-refractivity contribution in [3.8, 4) is 5.75 Å². The first-order valence-electron chi connectivity index (χ1n) is 12.2. The number of carbonyl (C=O) groups is 2. The Morgan fingerprint density at radius 2 is 1.90 bits per heavy atom. The van der Waals surface area contributed by atoms with Crippen molar-refractivity contribution in [3.63, 3.8) is 0 Å². The molecule has 2 aromatic carbocycles. The van der Waals surface area contributed by atoms with Crippen LogP contribution in [0.15, 0.2) is 54.9 Å². The van der Waals surface area contributed by atoms with Crippen molar-refractivity contribution in [1.29, 1.82) is 0 Å². The van der Waals surface area contributed by atoms with Gasteiger partial charge in [0.1, 0.15) is 17.1 Å². The average molecular weight is 562 g/mol. The molecule has 0 radical (unpaired) electrons. The van der Waals surface area contributed by atoms with Crippen LogP contribution in [0.3, 0.4) is 0 Å². The van der Waals surface area contributed by atoms with E-state index in [1.165, 1.54) is 37.6 Å². The number of alkyl halides is 3. The van der Waals surface area contributed by atoms with Crippen LogP contribution in [0, 0.1) is 5.82 Å². The molecule has 1 atom stereocenters. The van der Waals surface area contributed by atoms with Crippen LogP contribution in [-0.4, -0.2) is 49.7 Å². The molecule has 4 N–H and O–H groups in total. The Balaban J connectivity index is 1.44. The largest absolute Gasteiger partial charge is 0.497 e. The molecule has 1 saturated heterocycles. The Labute approximate surface area is 227 Å². The monoisotopic (exact) mass is 561 g/mol. The molecule has 3 aromatic rings. The minimum atomic E-state index is -4.67. The second kappa shape index (κ2) is 11.8. The van der Waals surface area contributed by atoms with Gasteiger partial charge in [-0.1, -0.05) is 6.07 Å². The van der Waals surface area contributed by atoms with Gasteiger partial charge in [0.05, 0.1) is 36.2 Å². The van der Waals surface area contributed by atoms with Crippen molar-refractivity contribution in [2.24, 2.45) is 0 Å². The number of aromatic nitrogens is 1. The minimum absolute atomic E-state index is 0.0277. The first-order chi connectivity index (χ1) is 19.0. The Kier molecular flexibility index (Phi) is 8.43. The number of anilines is 3. The summed E-state index contributed by atoms with van der Waals surface area (Å²) in [6.45, 7) is -0.0589. The smallest absolute Gasteiger partial charge is 0.418 e. The third-order valence-corrected chi connectivity index (χ3v) is 6.40. The Bertz CT molecular complexity index is 1390. The first-order valence-corrected chi connectivity index (χ1v) is 12.2. The Morgan fingerprint density at radius 1 is 1.10 bits per heavy atom. The van der Waals surface area contributed by atoms with Gasteiger partial charge in [-0.05, 0) is 36.4 Å². The molecule has 0 aliphatic carbocycles. The average Bonchev–Trinajstić information content (AvgIpc) is 3.41. The topological polar surface area (TPSA) is 114 Å². The van der Waals surface area contributed by atoms with E-state index >= 15 is 0 Å². The maximum Gasteiger partial charge on any atom is 0.418 e. The van der Waals surface area contributed by atoms with E-state index in [0.717, 1.165) is 12.1 Å². The molecule has 2 amide bonds. The second-order valence-corrected chi connectivity index (χ2v) is 9.07. The van der Waals surface area contributed by atoms with Crippen LogP contribution in [0.5, 0.6) is 5.75 Å². The standard InChI is InChI=1S/C27H27F4N5O4/c1-32-19-9-17(12-33-14-19)24(37)36-26(7-8-40-15-26)25(38)34-13-16-3-4-18(10-22(16)28)35-23-6-5-20(39-2)11-21(23)27(29,30)31/h3-6,9-12,14,32,35H,7-8,13,15H2,1-2H3,(H,34,38)(H,36,37). The molecular weight excluding hydrogens is 534 g/mol. The van der Waals surface area contributed by atoms with Gasteiger partial charge in [0, 0.05) is 50.3 Å². The van der Waals surface area contributed by atoms with E-state index in [4.69, 9.17) is 9.47 Å². The van der Waals surface area contributed by atoms with Gasteiger partial charge >= 0.3 is 6.18 Å². The fourth-order valence-corrected chi connectivity index (χ4v) is 4.15. The molecular formula is C27H27F4N5O4. The number of nitrogens with one attached hydrogen (secondary N) is 4. The van der Waals surface area contributed by atoms with Crippen molar-refractivity contribution in [2.75, 3.05) is 38.0 Å². The van der Waals surface area contributed by atoms with Crippen LogP contribution in [0.4, 0.5) is 34.6 Å². The summed E-state index contributed by atoms with van der Waals surface area (Å²) >= 11 is 0. The molecule has 1 aliphatic rings. The van der Waals surface area contributed by atoms with E-state index < -0.39 is 34.9 Å². The number of carbonyl (C=O) groups excluding carboxylic acids is 2. The number of hydrogen-bond donors (Lipinski definition) is 4. The summed E-state index contributed by atoms with van der Waals surface area (Å²) < 4.78 is 65.7. The number of benzene rings is 2. The van der Waals surface area contributed by atoms with Gasteiger partial charge < -0.3 is 30.7 Å². The molecule has 2 heterocycles. The van der Waals surface area contributed by atoms with Gasteiger partial charge in [-0.25, -0.2) is 4.39 Å². The summed E-state index contributed by atoms with van der Waals surface area (Å²) in [5, 5.41) is 10.8. The molecule has 13 heteroatoms. The van der Waals surface area contributed by atoms with Crippen LogP contribution in [0.25, 0.3) is 0 Å². The molecule has 1 unspecified atom stereocenters. The molecule has 9 nitrogen and oxygen atoms in total. The number of ether oxygens (including phenoxy) is 2. The van der Waals surface area contributed by atoms with Crippen molar-refractivity contribution < 1.29 is 36.6 Å². The number of pyridine rings is 1. The highest BCUT2D eigenvalue weighted by Gasteiger charge is 2.44. The van der Waals surface area contributed by atoms with E-state index in [1.54, 1.807) is 19.3 Å². The van der Waals surface area contributed by atoms with Gasteiger partial charge in [0.15, 0.2) is 0 Å². The van der Waals surface area contributed by atoms with Crippen molar-refractivity contribution >= 4 is 28.9 Å². The zero-order valence-electron chi connectivity index (χ0n) is 21.6. The zero-order valence-corrected chi connectivity index (χ0v) is 21.6. The van der Waals surface area contributed by atoms with Crippen LogP contribution >= 0.6 is 0 Å². The number of halogens is 4. The number of amides is 2. The Hall–Kier alpha value is -4.39. The van der Waals surface area contributed by atoms with Gasteiger partial charge in [-0.15, -0.1) is 0 Å². The van der Waals surface area contributed by atoms with Gasteiger partial charge in [0.2, 0.25) is 5.91 Å². The molecule has 0 spiro atoms. The van der Waals surface area contributed by atoms with Crippen LogP contribution in [0.2, 0.25) is 0 Å². The summed E-state index contributed by atoms with van der Waals surface area (Å²) in [7, 11) is 2.93.